The summed E-state index contributed by atoms with van der Waals surface area (Å²) >= 11 is 0. The molecule has 2 aromatic rings. The van der Waals surface area contributed by atoms with E-state index < -0.39 is 6.10 Å². The fourth-order valence-corrected chi connectivity index (χ4v) is 4.07. The van der Waals surface area contributed by atoms with Gasteiger partial charge in [-0.25, -0.2) is 4.39 Å². The Kier molecular flexibility index (Phi) is 7.78. The number of ether oxygens (including phenoxy) is 2. The molecule has 1 atom stereocenters. The molecule has 1 aromatic carbocycles. The van der Waals surface area contributed by atoms with Crippen LogP contribution < -0.4 is 4.90 Å². The monoisotopic (exact) mass is 447 g/mol. The van der Waals surface area contributed by atoms with E-state index in [1.165, 1.54) is 6.07 Å². The molecular weight excluding hydrogens is 413 g/mol. The van der Waals surface area contributed by atoms with Crippen molar-refractivity contribution in [2.24, 2.45) is 5.92 Å². The summed E-state index contributed by atoms with van der Waals surface area (Å²) in [4.78, 5) is 4.37. The van der Waals surface area contributed by atoms with E-state index in [-0.39, 0.29) is 5.82 Å². The molecule has 32 heavy (non-hydrogen) atoms. The number of benzene rings is 1. The number of rotatable bonds is 11. The number of aliphatic hydroxyl groups excluding tert-OH is 1. The lowest BCUT2D eigenvalue weighted by atomic mass is 10.1. The predicted molar refractivity (Wildman–Crippen MR) is 120 cm³/mol. The lowest BCUT2D eigenvalue weighted by molar-refractivity contribution is 0.00548. The van der Waals surface area contributed by atoms with Crippen LogP contribution in [0.2, 0.25) is 0 Å². The molecule has 1 N–H and O–H groups in total. The molecule has 1 aliphatic carbocycles. The average molecular weight is 448 g/mol. The van der Waals surface area contributed by atoms with Gasteiger partial charge in [0.05, 0.1) is 31.5 Å². The molecule has 7 nitrogen and oxygen atoms in total. The van der Waals surface area contributed by atoms with Crippen molar-refractivity contribution in [3.05, 3.63) is 35.6 Å². The maximum atomic E-state index is 14.6. The van der Waals surface area contributed by atoms with Gasteiger partial charge in [-0.05, 0) is 30.9 Å². The molecule has 1 aliphatic heterocycles. The first kappa shape index (κ1) is 23.2. The minimum absolute atomic E-state index is 0.307. The van der Waals surface area contributed by atoms with Gasteiger partial charge in [-0.15, -0.1) is 0 Å². The Bertz CT molecular complexity index is 865. The van der Waals surface area contributed by atoms with Gasteiger partial charge < -0.3 is 24.0 Å². The van der Waals surface area contributed by atoms with Crippen LogP contribution in [0.15, 0.2) is 28.8 Å². The van der Waals surface area contributed by atoms with Gasteiger partial charge in [-0.1, -0.05) is 31.1 Å². The van der Waals surface area contributed by atoms with E-state index in [2.05, 4.69) is 28.8 Å². The van der Waals surface area contributed by atoms with Gasteiger partial charge in [0.15, 0.2) is 0 Å². The zero-order valence-corrected chi connectivity index (χ0v) is 19.0. The summed E-state index contributed by atoms with van der Waals surface area (Å²) in [6.45, 7) is 8.78. The Labute approximate surface area is 189 Å². The van der Waals surface area contributed by atoms with Crippen LogP contribution in [0.5, 0.6) is 0 Å². The molecule has 8 heteroatoms. The van der Waals surface area contributed by atoms with E-state index in [0.717, 1.165) is 18.4 Å². The van der Waals surface area contributed by atoms with Crippen molar-refractivity contribution in [2.45, 2.75) is 45.4 Å². The van der Waals surface area contributed by atoms with Crippen LogP contribution in [0.1, 0.15) is 32.3 Å². The van der Waals surface area contributed by atoms with Crippen molar-refractivity contribution < 1.29 is 23.5 Å². The minimum Gasteiger partial charge on any atom is -0.389 e. The van der Waals surface area contributed by atoms with E-state index in [1.807, 2.05) is 0 Å². The third kappa shape index (κ3) is 5.86. The van der Waals surface area contributed by atoms with Crippen LogP contribution in [0.25, 0.3) is 11.3 Å². The quantitative estimate of drug-likeness (QED) is 0.567. The van der Waals surface area contributed by atoms with Gasteiger partial charge >= 0.3 is 0 Å². The van der Waals surface area contributed by atoms with Gasteiger partial charge in [0, 0.05) is 44.4 Å². The second-order valence-electron chi connectivity index (χ2n) is 9.14. The third-order valence-electron chi connectivity index (χ3n) is 5.83. The van der Waals surface area contributed by atoms with Crippen LogP contribution in [0.4, 0.5) is 10.3 Å². The Morgan fingerprint density at radius 2 is 1.97 bits per heavy atom. The molecule has 1 saturated carbocycles. The largest absolute Gasteiger partial charge is 0.389 e. The first-order valence-corrected chi connectivity index (χ1v) is 11.6. The highest BCUT2D eigenvalue weighted by atomic mass is 19.1. The molecule has 1 aromatic heterocycles. The maximum Gasteiger partial charge on any atom is 0.232 e. The minimum atomic E-state index is -0.585. The number of hydrogen-bond donors (Lipinski definition) is 1. The number of hydrogen-bond acceptors (Lipinski definition) is 7. The van der Waals surface area contributed by atoms with Crippen LogP contribution >= 0.6 is 0 Å². The topological polar surface area (TPSA) is 71.2 Å². The fourth-order valence-electron chi connectivity index (χ4n) is 4.07. The zero-order chi connectivity index (χ0) is 22.5. The number of morpholine rings is 1. The van der Waals surface area contributed by atoms with Gasteiger partial charge in [-0.3, -0.25) is 4.90 Å². The summed E-state index contributed by atoms with van der Waals surface area (Å²) in [6.07, 6.45) is 1.59. The van der Waals surface area contributed by atoms with Crippen molar-refractivity contribution in [2.75, 3.05) is 51.0 Å². The number of aliphatic hydroxyl groups is 1. The third-order valence-corrected chi connectivity index (χ3v) is 5.83. The maximum absolute atomic E-state index is 14.6. The SMILES string of the molecule is CC(C)COC[C@H](O)CN(Cc1c(-c2ccccc2F)noc1N1CCOCC1)C1CC1. The standard InChI is InChI=1S/C24H34FN3O4/c1-17(2)15-31-16-19(29)13-28(18-7-8-18)14-21-23(20-5-3-4-6-22(20)25)26-32-24(21)27-9-11-30-12-10-27/h3-6,17-19,29H,7-16H2,1-2H3/t19-/m1/s1. The van der Waals surface area contributed by atoms with E-state index in [4.69, 9.17) is 14.0 Å². The van der Waals surface area contributed by atoms with Crippen LogP contribution in [0.3, 0.4) is 0 Å². The summed E-state index contributed by atoms with van der Waals surface area (Å²) in [7, 11) is 0. The summed E-state index contributed by atoms with van der Waals surface area (Å²) in [5.41, 5.74) is 1.82. The number of nitrogens with zero attached hydrogens (tertiary/aromatic N) is 3. The molecule has 0 radical (unpaired) electrons. The van der Waals surface area contributed by atoms with Crippen molar-refractivity contribution in [1.82, 2.24) is 10.1 Å². The molecule has 176 valence electrons. The highest BCUT2D eigenvalue weighted by Gasteiger charge is 2.34. The molecular formula is C24H34FN3O4. The van der Waals surface area contributed by atoms with Crippen LogP contribution in [-0.2, 0) is 16.0 Å². The number of aromatic nitrogens is 1. The van der Waals surface area contributed by atoms with Crippen LogP contribution in [-0.4, -0.2) is 73.4 Å². The molecule has 2 aliphatic rings. The van der Waals surface area contributed by atoms with E-state index in [9.17, 15) is 9.50 Å². The van der Waals surface area contributed by atoms with Crippen molar-refractivity contribution in [3.63, 3.8) is 0 Å². The van der Waals surface area contributed by atoms with Gasteiger partial charge in [0.25, 0.3) is 0 Å². The second kappa shape index (κ2) is 10.7. The molecule has 4 rings (SSSR count). The van der Waals surface area contributed by atoms with E-state index in [0.29, 0.717) is 81.7 Å². The zero-order valence-electron chi connectivity index (χ0n) is 19.0. The highest BCUT2D eigenvalue weighted by Crippen LogP contribution is 2.37. The van der Waals surface area contributed by atoms with E-state index >= 15 is 0 Å². The number of anilines is 1. The molecule has 2 heterocycles. The Balaban J connectivity index is 1.56. The van der Waals surface area contributed by atoms with E-state index in [1.54, 1.807) is 18.2 Å². The smallest absolute Gasteiger partial charge is 0.232 e. The normalized spacial score (nSPS) is 18.0. The second-order valence-corrected chi connectivity index (χ2v) is 9.14. The Morgan fingerprint density at radius 1 is 1.22 bits per heavy atom. The first-order valence-electron chi connectivity index (χ1n) is 11.6. The molecule has 1 saturated heterocycles. The lowest BCUT2D eigenvalue weighted by Gasteiger charge is -2.29. The van der Waals surface area contributed by atoms with Gasteiger partial charge in [0.1, 0.15) is 11.5 Å². The van der Waals surface area contributed by atoms with Crippen molar-refractivity contribution in [1.29, 1.82) is 0 Å². The van der Waals surface area contributed by atoms with Crippen molar-refractivity contribution in [3.8, 4) is 11.3 Å². The highest BCUT2D eigenvalue weighted by molar-refractivity contribution is 5.69. The predicted octanol–water partition coefficient (Wildman–Crippen LogP) is 3.32. The van der Waals surface area contributed by atoms with Gasteiger partial charge in [-0.2, -0.15) is 0 Å². The number of halogens is 1. The molecule has 0 spiro atoms. The first-order chi connectivity index (χ1) is 15.5. The molecule has 2 fully saturated rings. The summed E-state index contributed by atoms with van der Waals surface area (Å²) in [5.74, 6) is 0.775. The molecule has 0 amide bonds. The average Bonchev–Trinajstić information content (AvgIpc) is 3.55. The fraction of sp³-hybridized carbons (Fsp3) is 0.625. The van der Waals surface area contributed by atoms with Crippen LogP contribution in [0, 0.1) is 11.7 Å². The summed E-state index contributed by atoms with van der Waals surface area (Å²) in [5, 5.41) is 14.9. The molecule has 0 bridgehead atoms. The Hall–Kier alpha value is -2.00. The Morgan fingerprint density at radius 3 is 2.66 bits per heavy atom. The van der Waals surface area contributed by atoms with Gasteiger partial charge in [0.2, 0.25) is 5.88 Å². The van der Waals surface area contributed by atoms with Crippen molar-refractivity contribution >= 4 is 5.88 Å². The summed E-state index contributed by atoms with van der Waals surface area (Å²) in [6, 6.07) is 7.05. The lowest BCUT2D eigenvalue weighted by Crippen LogP contribution is -2.38. The summed E-state index contributed by atoms with van der Waals surface area (Å²) < 4.78 is 31.6. The molecule has 0 unspecified atom stereocenters.